The molecule has 0 amide bonds. The monoisotopic (exact) mass is 313 g/mol. The highest BCUT2D eigenvalue weighted by Crippen LogP contribution is 2.32. The van der Waals surface area contributed by atoms with Crippen LogP contribution in [0.4, 0.5) is 0 Å². The quantitative estimate of drug-likeness (QED) is 0.940. The van der Waals surface area contributed by atoms with E-state index >= 15 is 0 Å². The minimum absolute atomic E-state index is 0.231. The lowest BCUT2D eigenvalue weighted by atomic mass is 10.0. The second kappa shape index (κ2) is 6.92. The molecular formula is C19H23NO3. The summed E-state index contributed by atoms with van der Waals surface area (Å²) in [5, 5.41) is 9.96. The first-order valence-corrected chi connectivity index (χ1v) is 7.93. The smallest absolute Gasteiger partial charge is 0.160 e. The Hall–Kier alpha value is -2.20. The second-order valence-corrected chi connectivity index (χ2v) is 5.96. The highest BCUT2D eigenvalue weighted by Gasteiger charge is 2.17. The van der Waals surface area contributed by atoms with Crippen molar-refractivity contribution in [1.29, 1.82) is 0 Å². The van der Waals surface area contributed by atoms with E-state index in [1.165, 1.54) is 16.7 Å². The van der Waals surface area contributed by atoms with E-state index in [9.17, 15) is 5.11 Å². The number of aromatic hydroxyl groups is 1. The van der Waals surface area contributed by atoms with Crippen LogP contribution in [0.25, 0.3) is 0 Å². The molecule has 0 aromatic heterocycles. The summed E-state index contributed by atoms with van der Waals surface area (Å²) >= 11 is 0. The van der Waals surface area contributed by atoms with Gasteiger partial charge in [0.1, 0.15) is 5.75 Å². The molecule has 2 aromatic rings. The number of methoxy groups -OCH3 is 2. The summed E-state index contributed by atoms with van der Waals surface area (Å²) in [6, 6.07) is 12.1. The van der Waals surface area contributed by atoms with Crippen molar-refractivity contribution in [2.24, 2.45) is 0 Å². The van der Waals surface area contributed by atoms with Gasteiger partial charge in [-0.25, -0.2) is 0 Å². The molecule has 23 heavy (non-hydrogen) atoms. The maximum Gasteiger partial charge on any atom is 0.160 e. The van der Waals surface area contributed by atoms with Gasteiger partial charge in [0.15, 0.2) is 11.5 Å². The van der Waals surface area contributed by atoms with E-state index in [0.29, 0.717) is 5.75 Å². The lowest BCUT2D eigenvalue weighted by Crippen LogP contribution is -2.22. The highest BCUT2D eigenvalue weighted by atomic mass is 16.5. The van der Waals surface area contributed by atoms with Crippen molar-refractivity contribution in [3.63, 3.8) is 0 Å². The minimum atomic E-state index is 0.231. The molecule has 2 aromatic carbocycles. The summed E-state index contributed by atoms with van der Waals surface area (Å²) in [5.41, 5.74) is 3.74. The molecule has 0 radical (unpaired) electrons. The zero-order valence-electron chi connectivity index (χ0n) is 13.7. The van der Waals surface area contributed by atoms with E-state index in [2.05, 4.69) is 17.0 Å². The largest absolute Gasteiger partial charge is 0.504 e. The summed E-state index contributed by atoms with van der Waals surface area (Å²) in [6.45, 7) is 2.83. The third kappa shape index (κ3) is 3.59. The van der Waals surface area contributed by atoms with Crippen LogP contribution in [0.5, 0.6) is 17.2 Å². The normalized spacial score (nSPS) is 14.9. The Bertz CT molecular complexity index is 667. The maximum absolute atomic E-state index is 9.96. The number of hydrogen-bond donors (Lipinski definition) is 1. The number of fused-ring (bicyclic) bond motifs is 1. The molecule has 0 saturated heterocycles. The molecule has 0 fully saturated rings. The predicted octanol–water partition coefficient (Wildman–Crippen LogP) is 3.36. The molecule has 4 heteroatoms. The lowest BCUT2D eigenvalue weighted by Gasteiger charge is -2.21. The van der Waals surface area contributed by atoms with E-state index in [1.807, 2.05) is 24.3 Å². The topological polar surface area (TPSA) is 41.9 Å². The van der Waals surface area contributed by atoms with Gasteiger partial charge in [0, 0.05) is 13.1 Å². The fourth-order valence-corrected chi connectivity index (χ4v) is 3.13. The van der Waals surface area contributed by atoms with Crippen molar-refractivity contribution in [1.82, 2.24) is 4.90 Å². The summed E-state index contributed by atoms with van der Waals surface area (Å²) in [5.74, 6) is 1.67. The first-order valence-electron chi connectivity index (χ1n) is 7.93. The SMILES string of the molecule is COc1ccc(CN2CCCc3cc(O)c(OC)cc3C2)cc1. The zero-order chi connectivity index (χ0) is 16.2. The molecule has 0 atom stereocenters. The Morgan fingerprint density at radius 3 is 2.52 bits per heavy atom. The van der Waals surface area contributed by atoms with E-state index in [4.69, 9.17) is 9.47 Å². The van der Waals surface area contributed by atoms with Gasteiger partial charge in [-0.05, 0) is 60.3 Å². The molecule has 4 nitrogen and oxygen atoms in total. The lowest BCUT2D eigenvalue weighted by molar-refractivity contribution is 0.260. The molecule has 0 saturated carbocycles. The Morgan fingerprint density at radius 1 is 1.04 bits per heavy atom. The van der Waals surface area contributed by atoms with Gasteiger partial charge in [-0.1, -0.05) is 12.1 Å². The summed E-state index contributed by atoms with van der Waals surface area (Å²) in [4.78, 5) is 2.43. The van der Waals surface area contributed by atoms with Crippen LogP contribution in [0.1, 0.15) is 23.1 Å². The molecule has 0 spiro atoms. The standard InChI is InChI=1S/C19H23NO3/c1-22-17-7-5-14(6-8-17)12-20-9-3-4-15-10-18(21)19(23-2)11-16(15)13-20/h5-8,10-11,21H,3-4,9,12-13H2,1-2H3. The first-order chi connectivity index (χ1) is 11.2. The third-order valence-electron chi connectivity index (χ3n) is 4.38. The number of rotatable bonds is 4. The Balaban J connectivity index is 1.77. The van der Waals surface area contributed by atoms with E-state index < -0.39 is 0 Å². The molecule has 0 unspecified atom stereocenters. The van der Waals surface area contributed by atoms with Gasteiger partial charge >= 0.3 is 0 Å². The Labute approximate surface area is 137 Å². The van der Waals surface area contributed by atoms with Gasteiger partial charge in [-0.3, -0.25) is 4.90 Å². The predicted molar refractivity (Wildman–Crippen MR) is 90.1 cm³/mol. The number of phenolic OH excluding ortho intramolecular Hbond substituents is 1. The average Bonchev–Trinajstić information content (AvgIpc) is 2.76. The van der Waals surface area contributed by atoms with Crippen molar-refractivity contribution in [2.75, 3.05) is 20.8 Å². The van der Waals surface area contributed by atoms with E-state index in [0.717, 1.165) is 38.2 Å². The summed E-state index contributed by atoms with van der Waals surface area (Å²) < 4.78 is 10.5. The molecular weight excluding hydrogens is 290 g/mol. The van der Waals surface area contributed by atoms with Crippen LogP contribution in [0.3, 0.4) is 0 Å². The Morgan fingerprint density at radius 2 is 1.83 bits per heavy atom. The second-order valence-electron chi connectivity index (χ2n) is 5.96. The van der Waals surface area contributed by atoms with Crippen LogP contribution < -0.4 is 9.47 Å². The van der Waals surface area contributed by atoms with Crippen molar-refractivity contribution in [3.05, 3.63) is 53.1 Å². The van der Waals surface area contributed by atoms with Gasteiger partial charge in [-0.15, -0.1) is 0 Å². The molecule has 1 N–H and O–H groups in total. The third-order valence-corrected chi connectivity index (χ3v) is 4.38. The molecule has 0 aliphatic carbocycles. The fraction of sp³-hybridized carbons (Fsp3) is 0.368. The number of aryl methyl sites for hydroxylation is 1. The van der Waals surface area contributed by atoms with Crippen LogP contribution in [0, 0.1) is 0 Å². The fourth-order valence-electron chi connectivity index (χ4n) is 3.13. The maximum atomic E-state index is 9.96. The van der Waals surface area contributed by atoms with Crippen LogP contribution in [0.15, 0.2) is 36.4 Å². The number of ether oxygens (including phenoxy) is 2. The van der Waals surface area contributed by atoms with Crippen molar-refractivity contribution < 1.29 is 14.6 Å². The van der Waals surface area contributed by atoms with Crippen LogP contribution >= 0.6 is 0 Å². The number of hydrogen-bond acceptors (Lipinski definition) is 4. The van der Waals surface area contributed by atoms with Gasteiger partial charge in [0.05, 0.1) is 14.2 Å². The molecule has 1 aliphatic rings. The van der Waals surface area contributed by atoms with Crippen LogP contribution in [-0.4, -0.2) is 30.8 Å². The van der Waals surface area contributed by atoms with Gasteiger partial charge in [-0.2, -0.15) is 0 Å². The molecule has 122 valence electrons. The molecule has 1 heterocycles. The van der Waals surface area contributed by atoms with Crippen molar-refractivity contribution >= 4 is 0 Å². The highest BCUT2D eigenvalue weighted by molar-refractivity contribution is 5.47. The van der Waals surface area contributed by atoms with Gasteiger partial charge in [0.25, 0.3) is 0 Å². The average molecular weight is 313 g/mol. The van der Waals surface area contributed by atoms with Crippen molar-refractivity contribution in [3.8, 4) is 17.2 Å². The van der Waals surface area contributed by atoms with E-state index in [-0.39, 0.29) is 5.75 Å². The summed E-state index contributed by atoms with van der Waals surface area (Å²) in [6.07, 6.45) is 2.08. The van der Waals surface area contributed by atoms with Crippen molar-refractivity contribution in [2.45, 2.75) is 25.9 Å². The number of nitrogens with zero attached hydrogens (tertiary/aromatic N) is 1. The number of benzene rings is 2. The Kier molecular flexibility index (Phi) is 4.72. The van der Waals surface area contributed by atoms with Crippen LogP contribution in [-0.2, 0) is 19.5 Å². The minimum Gasteiger partial charge on any atom is -0.504 e. The first kappa shape index (κ1) is 15.7. The number of phenols is 1. The molecule has 0 bridgehead atoms. The summed E-state index contributed by atoms with van der Waals surface area (Å²) in [7, 11) is 3.27. The van der Waals surface area contributed by atoms with Crippen LogP contribution in [0.2, 0.25) is 0 Å². The van der Waals surface area contributed by atoms with E-state index in [1.54, 1.807) is 14.2 Å². The van der Waals surface area contributed by atoms with Gasteiger partial charge in [0.2, 0.25) is 0 Å². The zero-order valence-corrected chi connectivity index (χ0v) is 13.7. The molecule has 3 rings (SSSR count). The van der Waals surface area contributed by atoms with Gasteiger partial charge < -0.3 is 14.6 Å². The molecule has 1 aliphatic heterocycles.